The summed E-state index contributed by atoms with van der Waals surface area (Å²) in [6.07, 6.45) is 5.94. The molecule has 0 rings (SSSR count). The molecule has 0 aromatic rings. The minimum absolute atomic E-state index is 0. The molecule has 0 fully saturated rings. The maximum absolute atomic E-state index is 9.88. The van der Waals surface area contributed by atoms with Crippen LogP contribution in [0.3, 0.4) is 0 Å². The van der Waals surface area contributed by atoms with Crippen molar-refractivity contribution in [2.75, 3.05) is 0 Å². The van der Waals surface area contributed by atoms with Crippen LogP contribution in [-0.2, 0) is 4.79 Å². The molecular weight excluding hydrogens is 148 g/mol. The number of rotatable bonds is 4. The Bertz CT molecular complexity index is 109. The third kappa shape index (κ3) is 17.6. The molecule has 0 saturated heterocycles. The average molecular weight is 164 g/mol. The maximum atomic E-state index is 9.88. The van der Waals surface area contributed by atoms with Crippen molar-refractivity contribution in [3.05, 3.63) is 12.2 Å². The molecule has 0 unspecified atom stereocenters. The van der Waals surface area contributed by atoms with Crippen LogP contribution in [0.5, 0.6) is 0 Å². The zero-order valence-corrected chi connectivity index (χ0v) is 6.63. The molecule has 0 heterocycles. The van der Waals surface area contributed by atoms with Gasteiger partial charge in [0.05, 0.1) is 0 Å². The summed E-state index contributed by atoms with van der Waals surface area (Å²) in [5, 5.41) is 8.13. The van der Waals surface area contributed by atoms with E-state index in [1.165, 1.54) is 6.08 Å². The van der Waals surface area contributed by atoms with Crippen LogP contribution in [0, 0.1) is 0 Å². The first-order valence-electron chi connectivity index (χ1n) is 3.17. The summed E-state index contributed by atoms with van der Waals surface area (Å²) in [5.41, 5.74) is 0. The minimum atomic E-state index is -0.855. The minimum Gasteiger partial charge on any atom is -0.478 e. The lowest BCUT2D eigenvalue weighted by Gasteiger charge is -1.85. The van der Waals surface area contributed by atoms with Crippen LogP contribution in [0.25, 0.3) is 0 Å². The Morgan fingerprint density at radius 1 is 1.45 bits per heavy atom. The molecule has 0 aliphatic carbocycles. The predicted molar refractivity (Wildman–Crippen MR) is 43.5 cm³/mol. The number of hydrogen-bond donors (Lipinski definition) is 1. The smallest absolute Gasteiger partial charge is 0.327 e. The van der Waals surface area contributed by atoms with E-state index in [4.69, 9.17) is 5.11 Å². The van der Waals surface area contributed by atoms with Gasteiger partial charge in [0.15, 0.2) is 0 Å². The Labute approximate surface area is 66.2 Å². The lowest BCUT2D eigenvalue weighted by Crippen LogP contribution is -1.85. The first-order valence-corrected chi connectivity index (χ1v) is 3.17. The summed E-state index contributed by atoms with van der Waals surface area (Å²) >= 11 is 0. The summed E-state index contributed by atoms with van der Waals surface area (Å²) in [6, 6.07) is 0. The first kappa shape index (κ1) is 16.6. The number of aliphatic carboxylic acids is 1. The van der Waals surface area contributed by atoms with Crippen molar-refractivity contribution in [2.24, 2.45) is 0 Å². The molecule has 0 radical (unpaired) electrons. The van der Waals surface area contributed by atoms with Crippen molar-refractivity contribution in [1.29, 1.82) is 0 Å². The number of hydrogen-bond acceptors (Lipinski definition) is 1. The van der Waals surface area contributed by atoms with E-state index in [0.29, 0.717) is 0 Å². The summed E-state index contributed by atoms with van der Waals surface area (Å²) in [6.45, 7) is 2.08. The molecule has 0 aromatic heterocycles. The molecule has 4 heteroatoms. The van der Waals surface area contributed by atoms with Crippen LogP contribution in [-0.4, -0.2) is 22.0 Å². The lowest BCUT2D eigenvalue weighted by atomic mass is 10.2. The van der Waals surface area contributed by atoms with Gasteiger partial charge in [0.1, 0.15) is 0 Å². The number of carboxylic acid groups (broad SMARTS) is 1. The molecule has 68 valence electrons. The van der Waals surface area contributed by atoms with Gasteiger partial charge >= 0.3 is 5.97 Å². The van der Waals surface area contributed by atoms with Gasteiger partial charge in [0, 0.05) is 6.08 Å². The fourth-order valence-electron chi connectivity index (χ4n) is 0.506. The van der Waals surface area contributed by atoms with Gasteiger partial charge in [-0.05, 0) is 6.42 Å². The van der Waals surface area contributed by atoms with E-state index in [1.807, 2.05) is 0 Å². The zero-order valence-electron chi connectivity index (χ0n) is 6.63. The second-order valence-electron chi connectivity index (χ2n) is 1.88. The van der Waals surface area contributed by atoms with Crippen LogP contribution in [0.15, 0.2) is 12.2 Å². The highest BCUT2D eigenvalue weighted by atomic mass is 16.4. The molecule has 0 spiro atoms. The van der Waals surface area contributed by atoms with Gasteiger partial charge in [0.25, 0.3) is 0 Å². The van der Waals surface area contributed by atoms with E-state index in [2.05, 4.69) is 6.92 Å². The van der Waals surface area contributed by atoms with Gasteiger partial charge in [-0.1, -0.05) is 25.8 Å². The monoisotopic (exact) mass is 164 g/mol. The summed E-state index contributed by atoms with van der Waals surface area (Å²) in [4.78, 5) is 9.88. The Balaban J connectivity index is -0.000000320. The van der Waals surface area contributed by atoms with E-state index in [0.717, 1.165) is 19.3 Å². The van der Waals surface area contributed by atoms with Crippen LogP contribution < -0.4 is 0 Å². The highest BCUT2D eigenvalue weighted by Crippen LogP contribution is 1.93. The van der Waals surface area contributed by atoms with E-state index in [1.54, 1.807) is 6.08 Å². The molecule has 0 amide bonds. The second-order valence-corrected chi connectivity index (χ2v) is 1.88. The molecule has 4 nitrogen and oxygen atoms in total. The largest absolute Gasteiger partial charge is 0.478 e. The van der Waals surface area contributed by atoms with Crippen molar-refractivity contribution in [1.82, 2.24) is 0 Å². The highest BCUT2D eigenvalue weighted by molar-refractivity contribution is 5.79. The lowest BCUT2D eigenvalue weighted by molar-refractivity contribution is -0.131. The van der Waals surface area contributed by atoms with Gasteiger partial charge < -0.3 is 16.1 Å². The molecule has 0 bridgehead atoms. The van der Waals surface area contributed by atoms with Crippen LogP contribution in [0.1, 0.15) is 26.2 Å². The normalized spacial score (nSPS) is 8.45. The average Bonchev–Trinajstić information content (AvgIpc) is 1.80. The molecule has 0 aliphatic rings. The summed E-state index contributed by atoms with van der Waals surface area (Å²) < 4.78 is 0. The third-order valence-electron chi connectivity index (χ3n) is 0.985. The topological polar surface area (TPSA) is 100 Å². The fourth-order valence-corrected chi connectivity index (χ4v) is 0.506. The molecular formula is C7H16O4. The summed E-state index contributed by atoms with van der Waals surface area (Å²) in [7, 11) is 0. The van der Waals surface area contributed by atoms with Gasteiger partial charge in [-0.3, -0.25) is 0 Å². The molecule has 0 aliphatic heterocycles. The number of unbranched alkanes of at least 4 members (excludes halogenated alkanes) is 2. The fraction of sp³-hybridized carbons (Fsp3) is 0.571. The van der Waals surface area contributed by atoms with E-state index in [9.17, 15) is 4.79 Å². The molecule has 0 aromatic carbocycles. The van der Waals surface area contributed by atoms with E-state index >= 15 is 0 Å². The standard InChI is InChI=1S/C7H12O2.2H2O/c1-2-3-4-5-6-7(8)9;;/h5-6H,2-4H2,1H3,(H,8,9);2*1H2. The summed E-state index contributed by atoms with van der Waals surface area (Å²) in [5.74, 6) is -0.855. The predicted octanol–water partition coefficient (Wildman–Crippen LogP) is 0.168. The highest BCUT2D eigenvalue weighted by Gasteiger charge is 1.83. The van der Waals surface area contributed by atoms with Crippen LogP contribution in [0.4, 0.5) is 0 Å². The van der Waals surface area contributed by atoms with Gasteiger partial charge in [-0.15, -0.1) is 0 Å². The van der Waals surface area contributed by atoms with E-state index in [-0.39, 0.29) is 11.0 Å². The van der Waals surface area contributed by atoms with Gasteiger partial charge in [-0.25, -0.2) is 4.79 Å². The molecule has 0 atom stereocenters. The molecule has 5 N–H and O–H groups in total. The van der Waals surface area contributed by atoms with Gasteiger partial charge in [0.2, 0.25) is 0 Å². The third-order valence-corrected chi connectivity index (χ3v) is 0.985. The van der Waals surface area contributed by atoms with Crippen molar-refractivity contribution in [3.8, 4) is 0 Å². The first-order chi connectivity index (χ1) is 4.27. The van der Waals surface area contributed by atoms with E-state index < -0.39 is 5.97 Å². The van der Waals surface area contributed by atoms with Crippen molar-refractivity contribution < 1.29 is 20.9 Å². The molecule has 0 saturated carbocycles. The Hall–Kier alpha value is -0.870. The van der Waals surface area contributed by atoms with Crippen LogP contribution >= 0.6 is 0 Å². The number of allylic oxidation sites excluding steroid dienone is 1. The maximum Gasteiger partial charge on any atom is 0.327 e. The SMILES string of the molecule is CCCCC=CC(=O)O.O.O. The Morgan fingerprint density at radius 2 is 2.00 bits per heavy atom. The van der Waals surface area contributed by atoms with Crippen LogP contribution in [0.2, 0.25) is 0 Å². The number of carbonyl (C=O) groups is 1. The quantitative estimate of drug-likeness (QED) is 0.473. The van der Waals surface area contributed by atoms with Crippen molar-refractivity contribution in [3.63, 3.8) is 0 Å². The van der Waals surface area contributed by atoms with Crippen molar-refractivity contribution >= 4 is 5.97 Å². The second kappa shape index (κ2) is 11.9. The van der Waals surface area contributed by atoms with Crippen molar-refractivity contribution in [2.45, 2.75) is 26.2 Å². The molecule has 11 heavy (non-hydrogen) atoms. The van der Waals surface area contributed by atoms with Gasteiger partial charge in [-0.2, -0.15) is 0 Å². The Morgan fingerprint density at radius 3 is 2.36 bits per heavy atom. The Kier molecular flexibility index (Phi) is 17.9. The number of carboxylic acids is 1. The zero-order chi connectivity index (χ0) is 7.11.